The van der Waals surface area contributed by atoms with Crippen LogP contribution in [0.4, 0.5) is 10.5 Å². The highest BCUT2D eigenvalue weighted by Gasteiger charge is 2.30. The SMILES string of the molecule is C[C@@H](OCc1ccccc1)[C@H](NC(=O)OC(C)(C)C)C(=O)Nc1ccc(Br)cc1. The van der Waals surface area contributed by atoms with E-state index in [-0.39, 0.29) is 0 Å². The molecule has 156 valence electrons. The Bertz CT molecular complexity index is 804. The van der Waals surface area contributed by atoms with Gasteiger partial charge in [-0.05, 0) is 57.5 Å². The number of nitrogens with one attached hydrogen (secondary N) is 2. The number of carbonyl (C=O) groups is 2. The van der Waals surface area contributed by atoms with Crippen molar-refractivity contribution in [2.24, 2.45) is 0 Å². The molecule has 0 fully saturated rings. The van der Waals surface area contributed by atoms with E-state index in [0.717, 1.165) is 10.0 Å². The molecule has 0 aliphatic rings. The molecule has 0 aliphatic carbocycles. The minimum atomic E-state index is -0.933. The summed E-state index contributed by atoms with van der Waals surface area (Å²) in [7, 11) is 0. The zero-order valence-electron chi connectivity index (χ0n) is 17.1. The fourth-order valence-electron chi connectivity index (χ4n) is 2.48. The monoisotopic (exact) mass is 462 g/mol. The van der Waals surface area contributed by atoms with Gasteiger partial charge < -0.3 is 20.1 Å². The van der Waals surface area contributed by atoms with Crippen LogP contribution in [-0.4, -0.2) is 29.7 Å². The smallest absolute Gasteiger partial charge is 0.408 e. The molecule has 0 bridgehead atoms. The lowest BCUT2D eigenvalue weighted by Gasteiger charge is -2.27. The zero-order valence-corrected chi connectivity index (χ0v) is 18.7. The quantitative estimate of drug-likeness (QED) is 0.614. The second-order valence-corrected chi connectivity index (χ2v) is 8.54. The summed E-state index contributed by atoms with van der Waals surface area (Å²) in [6, 6.07) is 15.9. The third kappa shape index (κ3) is 8.25. The van der Waals surface area contributed by atoms with Gasteiger partial charge in [-0.1, -0.05) is 46.3 Å². The van der Waals surface area contributed by atoms with E-state index in [1.54, 1.807) is 39.8 Å². The standard InChI is InChI=1S/C22H27BrN2O4/c1-15(28-14-16-8-6-5-7-9-16)19(25-21(27)29-22(2,3)4)20(26)24-18-12-10-17(23)11-13-18/h5-13,15,19H,14H2,1-4H3,(H,24,26)(H,25,27)/t15-,19+/m1/s1. The molecule has 29 heavy (non-hydrogen) atoms. The van der Waals surface area contributed by atoms with Gasteiger partial charge in [0.1, 0.15) is 11.6 Å². The Labute approximate surface area is 180 Å². The summed E-state index contributed by atoms with van der Waals surface area (Å²) in [5.41, 5.74) is 0.915. The molecule has 0 saturated heterocycles. The lowest BCUT2D eigenvalue weighted by atomic mass is 10.1. The first-order valence-electron chi connectivity index (χ1n) is 9.35. The van der Waals surface area contributed by atoms with Gasteiger partial charge in [-0.3, -0.25) is 4.79 Å². The summed E-state index contributed by atoms with van der Waals surface area (Å²) in [5, 5.41) is 5.44. The topological polar surface area (TPSA) is 76.7 Å². The van der Waals surface area contributed by atoms with E-state index < -0.39 is 29.7 Å². The fraction of sp³-hybridized carbons (Fsp3) is 0.364. The summed E-state index contributed by atoms with van der Waals surface area (Å²) >= 11 is 3.36. The van der Waals surface area contributed by atoms with E-state index in [2.05, 4.69) is 26.6 Å². The van der Waals surface area contributed by atoms with Crippen molar-refractivity contribution >= 4 is 33.6 Å². The maximum atomic E-state index is 12.9. The molecule has 0 radical (unpaired) electrons. The van der Waals surface area contributed by atoms with E-state index in [9.17, 15) is 9.59 Å². The van der Waals surface area contributed by atoms with Gasteiger partial charge in [0.25, 0.3) is 0 Å². The van der Waals surface area contributed by atoms with Crippen molar-refractivity contribution in [3.63, 3.8) is 0 Å². The summed E-state index contributed by atoms with van der Waals surface area (Å²) in [6.45, 7) is 7.35. The van der Waals surface area contributed by atoms with Gasteiger partial charge >= 0.3 is 6.09 Å². The number of anilines is 1. The highest BCUT2D eigenvalue weighted by molar-refractivity contribution is 9.10. The first-order valence-corrected chi connectivity index (χ1v) is 10.1. The van der Waals surface area contributed by atoms with Gasteiger partial charge in [-0.2, -0.15) is 0 Å². The van der Waals surface area contributed by atoms with E-state index in [1.807, 2.05) is 42.5 Å². The van der Waals surface area contributed by atoms with Crippen LogP contribution in [0, 0.1) is 0 Å². The number of halogens is 1. The Hall–Kier alpha value is -2.38. The first kappa shape index (κ1) is 22.9. The van der Waals surface area contributed by atoms with E-state index in [1.165, 1.54) is 0 Å². The summed E-state index contributed by atoms with van der Waals surface area (Å²) in [5.74, 6) is -0.390. The average Bonchev–Trinajstić information content (AvgIpc) is 2.65. The van der Waals surface area contributed by atoms with E-state index in [0.29, 0.717) is 12.3 Å². The van der Waals surface area contributed by atoms with Crippen molar-refractivity contribution in [2.75, 3.05) is 5.32 Å². The third-order valence-corrected chi connectivity index (χ3v) is 4.42. The van der Waals surface area contributed by atoms with Crippen LogP contribution in [0.25, 0.3) is 0 Å². The Morgan fingerprint density at radius 1 is 1.03 bits per heavy atom. The lowest BCUT2D eigenvalue weighted by Crippen LogP contribution is -2.52. The molecule has 0 saturated carbocycles. The molecular formula is C22H27BrN2O4. The van der Waals surface area contributed by atoms with Gasteiger partial charge in [0.15, 0.2) is 0 Å². The summed E-state index contributed by atoms with van der Waals surface area (Å²) in [6.07, 6.45) is -1.26. The fourth-order valence-corrected chi connectivity index (χ4v) is 2.75. The van der Waals surface area contributed by atoms with E-state index in [4.69, 9.17) is 9.47 Å². The predicted octanol–water partition coefficient (Wildman–Crippen LogP) is 4.89. The molecule has 2 rings (SSSR count). The predicted molar refractivity (Wildman–Crippen MR) is 117 cm³/mol. The van der Waals surface area contributed by atoms with E-state index >= 15 is 0 Å². The molecule has 0 aromatic heterocycles. The Kier molecular flexibility index (Phi) is 8.22. The lowest BCUT2D eigenvalue weighted by molar-refractivity contribution is -0.122. The molecule has 7 heteroatoms. The average molecular weight is 463 g/mol. The largest absolute Gasteiger partial charge is 0.444 e. The zero-order chi connectivity index (χ0) is 21.4. The molecule has 2 atom stereocenters. The molecule has 0 spiro atoms. The number of alkyl carbamates (subject to hydrolysis) is 1. The summed E-state index contributed by atoms with van der Waals surface area (Å²) < 4.78 is 12.1. The maximum absolute atomic E-state index is 12.9. The Balaban J connectivity index is 2.09. The molecule has 2 N–H and O–H groups in total. The van der Waals surface area contributed by atoms with Crippen LogP contribution in [0.3, 0.4) is 0 Å². The van der Waals surface area contributed by atoms with Gasteiger partial charge in [-0.25, -0.2) is 4.79 Å². The number of ether oxygens (including phenoxy) is 2. The molecule has 2 amide bonds. The van der Waals surface area contributed by atoms with Crippen LogP contribution < -0.4 is 10.6 Å². The highest BCUT2D eigenvalue weighted by atomic mass is 79.9. The van der Waals surface area contributed by atoms with Gasteiger partial charge in [0, 0.05) is 10.2 Å². The number of rotatable bonds is 7. The van der Waals surface area contributed by atoms with Crippen LogP contribution in [0.2, 0.25) is 0 Å². The minimum absolute atomic E-state index is 0.320. The molecule has 0 unspecified atom stereocenters. The molecule has 2 aromatic rings. The third-order valence-electron chi connectivity index (χ3n) is 3.89. The second kappa shape index (κ2) is 10.4. The normalized spacial score (nSPS) is 13.3. The Morgan fingerprint density at radius 3 is 2.24 bits per heavy atom. The maximum Gasteiger partial charge on any atom is 0.408 e. The molecular weight excluding hydrogens is 436 g/mol. The first-order chi connectivity index (χ1) is 13.6. The van der Waals surface area contributed by atoms with Crippen molar-refractivity contribution in [2.45, 2.75) is 52.0 Å². The molecule has 6 nitrogen and oxygen atoms in total. The minimum Gasteiger partial charge on any atom is -0.444 e. The number of amides is 2. The van der Waals surface area contributed by atoms with Crippen molar-refractivity contribution in [1.29, 1.82) is 0 Å². The van der Waals surface area contributed by atoms with Crippen molar-refractivity contribution < 1.29 is 19.1 Å². The van der Waals surface area contributed by atoms with Gasteiger partial charge in [-0.15, -0.1) is 0 Å². The number of benzene rings is 2. The highest BCUT2D eigenvalue weighted by Crippen LogP contribution is 2.16. The molecule has 0 heterocycles. The summed E-state index contributed by atoms with van der Waals surface area (Å²) in [4.78, 5) is 25.2. The van der Waals surface area contributed by atoms with Crippen LogP contribution in [0.5, 0.6) is 0 Å². The Morgan fingerprint density at radius 2 is 1.66 bits per heavy atom. The number of hydrogen-bond acceptors (Lipinski definition) is 4. The van der Waals surface area contributed by atoms with Crippen LogP contribution in [-0.2, 0) is 20.9 Å². The van der Waals surface area contributed by atoms with Crippen molar-refractivity contribution in [3.8, 4) is 0 Å². The van der Waals surface area contributed by atoms with Crippen molar-refractivity contribution in [1.82, 2.24) is 5.32 Å². The van der Waals surface area contributed by atoms with Crippen LogP contribution in [0.1, 0.15) is 33.3 Å². The number of carbonyl (C=O) groups excluding carboxylic acids is 2. The van der Waals surface area contributed by atoms with Crippen molar-refractivity contribution in [3.05, 3.63) is 64.6 Å². The second-order valence-electron chi connectivity index (χ2n) is 7.62. The van der Waals surface area contributed by atoms with Gasteiger partial charge in [0.2, 0.25) is 5.91 Å². The molecule has 2 aromatic carbocycles. The molecule has 0 aliphatic heterocycles. The number of hydrogen-bond donors (Lipinski definition) is 2. The van der Waals surface area contributed by atoms with Crippen LogP contribution in [0.15, 0.2) is 59.1 Å². The van der Waals surface area contributed by atoms with Crippen LogP contribution >= 0.6 is 15.9 Å². The van der Waals surface area contributed by atoms with Gasteiger partial charge in [0.05, 0.1) is 12.7 Å².